The van der Waals surface area contributed by atoms with Crippen molar-refractivity contribution in [2.45, 2.75) is 51.6 Å². The Morgan fingerprint density at radius 1 is 0.829 bits per heavy atom. The molecular formula is C30H42F3N5O3. The normalized spacial score (nSPS) is 17.5. The van der Waals surface area contributed by atoms with Gasteiger partial charge in [0.05, 0.1) is 5.56 Å². The second-order valence-corrected chi connectivity index (χ2v) is 11.9. The van der Waals surface area contributed by atoms with Gasteiger partial charge in [0, 0.05) is 70.2 Å². The molecule has 0 spiro atoms. The molecule has 2 aromatic rings. The molecule has 2 aliphatic rings. The van der Waals surface area contributed by atoms with Crippen LogP contribution in [0.5, 0.6) is 0 Å². The highest BCUT2D eigenvalue weighted by Crippen LogP contribution is 2.38. The predicted octanol–water partition coefficient (Wildman–Crippen LogP) is 5.23. The zero-order valence-corrected chi connectivity index (χ0v) is 24.2. The molecule has 11 heteroatoms. The highest BCUT2D eigenvalue weighted by molar-refractivity contribution is 5.76. The third-order valence-corrected chi connectivity index (χ3v) is 8.05. The van der Waals surface area contributed by atoms with Crippen LogP contribution in [0.2, 0.25) is 0 Å². The van der Waals surface area contributed by atoms with E-state index in [0.717, 1.165) is 51.3 Å². The first kappa shape index (κ1) is 30.9. The standard InChI is InChI=1S/C30H42F3N5O3/c1-29(2,3)23-7-9-24(10-8-23)36-18-16-34(17-19-36)13-4-6-28(39)37-15-5-14-35(20-21-37)25-11-12-27(38(40)41)26(22-25)30(31,32)33/h7-12,22,40-41H,4-6,13-21H2,1-3H3. The Balaban J connectivity index is 1.22. The van der Waals surface area contributed by atoms with E-state index in [1.165, 1.54) is 17.3 Å². The Kier molecular flexibility index (Phi) is 9.71. The summed E-state index contributed by atoms with van der Waals surface area (Å²) in [5.41, 5.74) is 1.19. The third-order valence-electron chi connectivity index (χ3n) is 8.05. The average molecular weight is 578 g/mol. The van der Waals surface area contributed by atoms with Gasteiger partial charge in [-0.1, -0.05) is 32.9 Å². The first-order chi connectivity index (χ1) is 19.3. The average Bonchev–Trinajstić information content (AvgIpc) is 3.19. The molecule has 2 fully saturated rings. The molecule has 0 saturated carbocycles. The van der Waals surface area contributed by atoms with Crippen molar-refractivity contribution in [3.63, 3.8) is 0 Å². The molecule has 1 amide bonds. The van der Waals surface area contributed by atoms with Gasteiger partial charge in [0.25, 0.3) is 0 Å². The van der Waals surface area contributed by atoms with Gasteiger partial charge in [0.15, 0.2) is 0 Å². The van der Waals surface area contributed by atoms with Crippen molar-refractivity contribution < 1.29 is 28.4 Å². The first-order valence-corrected chi connectivity index (χ1v) is 14.3. The molecule has 2 heterocycles. The molecule has 0 aromatic heterocycles. The maximum absolute atomic E-state index is 13.5. The zero-order valence-electron chi connectivity index (χ0n) is 24.2. The summed E-state index contributed by atoms with van der Waals surface area (Å²) in [6.45, 7) is 13.2. The monoisotopic (exact) mass is 577 g/mol. The van der Waals surface area contributed by atoms with E-state index in [2.05, 4.69) is 54.8 Å². The molecule has 41 heavy (non-hydrogen) atoms. The van der Waals surface area contributed by atoms with E-state index in [-0.39, 0.29) is 11.3 Å². The number of nitrogens with zero attached hydrogens (tertiary/aromatic N) is 5. The van der Waals surface area contributed by atoms with Gasteiger partial charge in [-0.2, -0.15) is 13.2 Å². The second kappa shape index (κ2) is 12.9. The summed E-state index contributed by atoms with van der Waals surface area (Å²) < 4.78 is 40.4. The van der Waals surface area contributed by atoms with Crippen LogP contribution in [0.15, 0.2) is 42.5 Å². The molecule has 0 atom stereocenters. The van der Waals surface area contributed by atoms with E-state index in [4.69, 9.17) is 0 Å². The Morgan fingerprint density at radius 2 is 1.44 bits per heavy atom. The van der Waals surface area contributed by atoms with Crippen LogP contribution in [0.3, 0.4) is 0 Å². The van der Waals surface area contributed by atoms with Gasteiger partial charge in [0.1, 0.15) is 5.69 Å². The molecule has 8 nitrogen and oxygen atoms in total. The molecule has 0 radical (unpaired) electrons. The number of piperazine rings is 1. The number of hydrogen-bond donors (Lipinski definition) is 2. The fourth-order valence-electron chi connectivity index (χ4n) is 5.56. The molecule has 0 bridgehead atoms. The largest absolute Gasteiger partial charge is 0.418 e. The van der Waals surface area contributed by atoms with Crippen molar-refractivity contribution in [1.29, 1.82) is 0 Å². The lowest BCUT2D eigenvalue weighted by Crippen LogP contribution is -2.46. The fraction of sp³-hybridized carbons (Fsp3) is 0.567. The van der Waals surface area contributed by atoms with Crippen molar-refractivity contribution in [2.75, 3.05) is 73.9 Å². The van der Waals surface area contributed by atoms with E-state index in [1.807, 2.05) is 4.90 Å². The van der Waals surface area contributed by atoms with E-state index in [1.54, 1.807) is 4.90 Å². The molecule has 4 rings (SSSR count). The highest BCUT2D eigenvalue weighted by Gasteiger charge is 2.36. The zero-order chi connectivity index (χ0) is 29.8. The number of hydrogen-bond acceptors (Lipinski definition) is 7. The number of carbonyl (C=O) groups excluding carboxylic acids is 1. The summed E-state index contributed by atoms with van der Waals surface area (Å²) in [6.07, 6.45) is -2.88. The number of anilines is 3. The molecule has 2 aliphatic heterocycles. The van der Waals surface area contributed by atoms with Crippen LogP contribution in [0.1, 0.15) is 51.2 Å². The lowest BCUT2D eigenvalue weighted by atomic mass is 9.87. The van der Waals surface area contributed by atoms with Crippen LogP contribution in [0.4, 0.5) is 30.2 Å². The van der Waals surface area contributed by atoms with Crippen LogP contribution in [-0.4, -0.2) is 85.0 Å². The Morgan fingerprint density at radius 3 is 2.05 bits per heavy atom. The lowest BCUT2D eigenvalue weighted by molar-refractivity contribution is -0.138. The maximum Gasteiger partial charge on any atom is 0.418 e. The van der Waals surface area contributed by atoms with Crippen LogP contribution in [0, 0.1) is 0 Å². The minimum atomic E-state index is -4.74. The van der Waals surface area contributed by atoms with Gasteiger partial charge >= 0.3 is 6.18 Å². The Labute approximate surface area is 240 Å². The first-order valence-electron chi connectivity index (χ1n) is 14.3. The summed E-state index contributed by atoms with van der Waals surface area (Å²) in [5.74, 6) is 0.0759. The van der Waals surface area contributed by atoms with E-state index in [9.17, 15) is 28.4 Å². The molecule has 2 aromatic carbocycles. The van der Waals surface area contributed by atoms with Gasteiger partial charge in [-0.3, -0.25) is 20.1 Å². The number of rotatable bonds is 7. The molecular weight excluding hydrogens is 535 g/mol. The van der Waals surface area contributed by atoms with Crippen LogP contribution < -0.4 is 15.0 Å². The van der Waals surface area contributed by atoms with E-state index in [0.29, 0.717) is 44.7 Å². The molecule has 226 valence electrons. The smallest absolute Gasteiger partial charge is 0.370 e. The quantitative estimate of drug-likeness (QED) is 0.437. The Hall–Kier alpha value is -3.02. The number of amides is 1. The highest BCUT2D eigenvalue weighted by atomic mass is 19.4. The van der Waals surface area contributed by atoms with Crippen molar-refractivity contribution in [3.8, 4) is 0 Å². The van der Waals surface area contributed by atoms with Crippen LogP contribution in [-0.2, 0) is 16.4 Å². The van der Waals surface area contributed by atoms with E-state index < -0.39 is 22.7 Å². The molecule has 2 saturated heterocycles. The van der Waals surface area contributed by atoms with Crippen molar-refractivity contribution in [3.05, 3.63) is 53.6 Å². The number of alkyl halides is 3. The van der Waals surface area contributed by atoms with Crippen LogP contribution in [0.25, 0.3) is 0 Å². The maximum atomic E-state index is 13.5. The summed E-state index contributed by atoms with van der Waals surface area (Å²) >= 11 is 0. The van der Waals surface area contributed by atoms with Gasteiger partial charge in [-0.05, 0) is 60.7 Å². The van der Waals surface area contributed by atoms with Crippen molar-refractivity contribution in [1.82, 2.24) is 9.80 Å². The molecule has 2 N–H and O–H groups in total. The van der Waals surface area contributed by atoms with E-state index >= 15 is 0 Å². The number of carbonyl (C=O) groups is 1. The van der Waals surface area contributed by atoms with Gasteiger partial charge in [-0.25, -0.2) is 0 Å². The van der Waals surface area contributed by atoms with Gasteiger partial charge in [-0.15, -0.1) is 5.23 Å². The Bertz CT molecular complexity index is 1160. The molecule has 0 aliphatic carbocycles. The summed E-state index contributed by atoms with van der Waals surface area (Å²) in [5, 5.41) is 17.8. The summed E-state index contributed by atoms with van der Waals surface area (Å²) in [6, 6.07) is 12.2. The minimum Gasteiger partial charge on any atom is -0.370 e. The van der Waals surface area contributed by atoms with Crippen LogP contribution >= 0.6 is 0 Å². The predicted molar refractivity (Wildman–Crippen MR) is 154 cm³/mol. The summed E-state index contributed by atoms with van der Waals surface area (Å²) in [7, 11) is 0. The topological polar surface area (TPSA) is 73.7 Å². The van der Waals surface area contributed by atoms with Gasteiger partial charge in [0.2, 0.25) is 5.91 Å². The van der Waals surface area contributed by atoms with Crippen molar-refractivity contribution in [2.24, 2.45) is 0 Å². The van der Waals surface area contributed by atoms with Gasteiger partial charge < -0.3 is 14.7 Å². The fourth-order valence-corrected chi connectivity index (χ4v) is 5.56. The summed E-state index contributed by atoms with van der Waals surface area (Å²) in [4.78, 5) is 21.4. The number of halogens is 3. The second-order valence-electron chi connectivity index (χ2n) is 11.9. The third kappa shape index (κ3) is 8.05. The van der Waals surface area contributed by atoms with Crippen molar-refractivity contribution >= 4 is 23.0 Å². The minimum absolute atomic E-state index is 0.0759. The lowest BCUT2D eigenvalue weighted by Gasteiger charge is -2.36. The SMILES string of the molecule is CC(C)(C)c1ccc(N2CCN(CCCC(=O)N3CCCN(c4ccc(N(O)O)c(C(F)(F)F)c4)CC3)CC2)cc1. The number of benzene rings is 2. The molecule has 0 unspecified atom stereocenters.